The Morgan fingerprint density at radius 1 is 0.933 bits per heavy atom. The van der Waals surface area contributed by atoms with E-state index in [9.17, 15) is 0 Å². The first-order chi connectivity index (χ1) is 14.8. The van der Waals surface area contributed by atoms with E-state index in [1.54, 1.807) is 7.11 Å². The van der Waals surface area contributed by atoms with Crippen molar-refractivity contribution >= 4 is 11.4 Å². The SMILES string of the molecule is COc1ccc(CCN2CC[C@H](N3c4ccccc4COc4ccccc43)C2)cc1. The summed E-state index contributed by atoms with van der Waals surface area (Å²) in [7, 11) is 1.71. The van der Waals surface area contributed by atoms with Crippen LogP contribution in [0, 0.1) is 0 Å². The molecule has 4 heteroatoms. The van der Waals surface area contributed by atoms with E-state index < -0.39 is 0 Å². The van der Waals surface area contributed by atoms with Crippen LogP contribution in [0.15, 0.2) is 72.8 Å². The number of methoxy groups -OCH3 is 1. The molecule has 0 spiro atoms. The van der Waals surface area contributed by atoms with E-state index in [1.165, 1.54) is 22.5 Å². The highest BCUT2D eigenvalue weighted by Crippen LogP contribution is 2.42. The number of rotatable bonds is 5. The summed E-state index contributed by atoms with van der Waals surface area (Å²) < 4.78 is 11.4. The smallest absolute Gasteiger partial charge is 0.143 e. The summed E-state index contributed by atoms with van der Waals surface area (Å²) >= 11 is 0. The number of ether oxygens (including phenoxy) is 2. The molecule has 0 amide bonds. The lowest BCUT2D eigenvalue weighted by molar-refractivity contribution is 0.310. The van der Waals surface area contributed by atoms with Crippen molar-refractivity contribution in [1.82, 2.24) is 4.90 Å². The average Bonchev–Trinajstić information content (AvgIpc) is 3.20. The summed E-state index contributed by atoms with van der Waals surface area (Å²) in [5, 5.41) is 0. The van der Waals surface area contributed by atoms with Crippen molar-refractivity contribution in [1.29, 1.82) is 0 Å². The predicted octanol–water partition coefficient (Wildman–Crippen LogP) is 5.04. The molecule has 1 fully saturated rings. The van der Waals surface area contributed by atoms with Gasteiger partial charge in [0.05, 0.1) is 12.8 Å². The van der Waals surface area contributed by atoms with Gasteiger partial charge in [-0.2, -0.15) is 0 Å². The highest BCUT2D eigenvalue weighted by atomic mass is 16.5. The lowest BCUT2D eigenvalue weighted by atomic mass is 10.1. The molecule has 0 bridgehead atoms. The summed E-state index contributed by atoms with van der Waals surface area (Å²) in [6.45, 7) is 3.90. The van der Waals surface area contributed by atoms with Gasteiger partial charge in [-0.25, -0.2) is 0 Å². The lowest BCUT2D eigenvalue weighted by Crippen LogP contribution is -2.35. The van der Waals surface area contributed by atoms with Crippen LogP contribution in [0.25, 0.3) is 0 Å². The van der Waals surface area contributed by atoms with E-state index in [0.717, 1.165) is 44.0 Å². The molecule has 154 valence electrons. The topological polar surface area (TPSA) is 24.9 Å². The van der Waals surface area contributed by atoms with Crippen LogP contribution < -0.4 is 14.4 Å². The molecular formula is C26H28N2O2. The normalized spacial score (nSPS) is 18.3. The van der Waals surface area contributed by atoms with Gasteiger partial charge in [0.25, 0.3) is 0 Å². The Bertz CT molecular complexity index is 954. The van der Waals surface area contributed by atoms with Crippen molar-refractivity contribution in [2.24, 2.45) is 0 Å². The van der Waals surface area contributed by atoms with E-state index in [2.05, 4.69) is 70.5 Å². The van der Waals surface area contributed by atoms with Gasteiger partial charge in [-0.3, -0.25) is 0 Å². The zero-order valence-electron chi connectivity index (χ0n) is 17.5. The Hall–Kier alpha value is -2.98. The highest BCUT2D eigenvalue weighted by molar-refractivity contribution is 5.73. The van der Waals surface area contributed by atoms with Crippen LogP contribution in [0.4, 0.5) is 11.4 Å². The van der Waals surface area contributed by atoms with Crippen molar-refractivity contribution < 1.29 is 9.47 Å². The maximum atomic E-state index is 6.15. The van der Waals surface area contributed by atoms with E-state index in [4.69, 9.17) is 9.47 Å². The molecule has 1 atom stereocenters. The number of fused-ring (bicyclic) bond motifs is 2. The molecular weight excluding hydrogens is 372 g/mol. The van der Waals surface area contributed by atoms with Crippen molar-refractivity contribution in [2.45, 2.75) is 25.5 Å². The second-order valence-corrected chi connectivity index (χ2v) is 8.10. The molecule has 0 aliphatic carbocycles. The molecule has 2 aliphatic heterocycles. The van der Waals surface area contributed by atoms with E-state index in [0.29, 0.717) is 12.6 Å². The van der Waals surface area contributed by atoms with Gasteiger partial charge < -0.3 is 19.3 Å². The average molecular weight is 401 g/mol. The number of anilines is 2. The molecule has 0 saturated carbocycles. The van der Waals surface area contributed by atoms with Gasteiger partial charge in [-0.05, 0) is 48.7 Å². The molecule has 3 aromatic carbocycles. The van der Waals surface area contributed by atoms with E-state index in [-0.39, 0.29) is 0 Å². The monoisotopic (exact) mass is 400 g/mol. The summed E-state index contributed by atoms with van der Waals surface area (Å²) in [5.74, 6) is 1.89. The number of nitrogens with zero attached hydrogens (tertiary/aromatic N) is 2. The van der Waals surface area contributed by atoms with E-state index in [1.807, 2.05) is 12.1 Å². The van der Waals surface area contributed by atoms with Crippen LogP contribution in [-0.4, -0.2) is 37.7 Å². The third-order valence-electron chi connectivity index (χ3n) is 6.25. The molecule has 0 N–H and O–H groups in total. The summed E-state index contributed by atoms with van der Waals surface area (Å²) in [6, 6.07) is 26.0. The van der Waals surface area contributed by atoms with Gasteiger partial charge in [-0.1, -0.05) is 42.5 Å². The van der Waals surface area contributed by atoms with Crippen LogP contribution in [0.1, 0.15) is 17.5 Å². The third-order valence-corrected chi connectivity index (χ3v) is 6.25. The minimum absolute atomic E-state index is 0.449. The van der Waals surface area contributed by atoms with Crippen molar-refractivity contribution in [3.63, 3.8) is 0 Å². The molecule has 0 aromatic heterocycles. The van der Waals surface area contributed by atoms with Crippen LogP contribution in [0.2, 0.25) is 0 Å². The van der Waals surface area contributed by atoms with Gasteiger partial charge in [0.15, 0.2) is 0 Å². The van der Waals surface area contributed by atoms with Gasteiger partial charge in [0.2, 0.25) is 0 Å². The molecule has 30 heavy (non-hydrogen) atoms. The first-order valence-corrected chi connectivity index (χ1v) is 10.8. The van der Waals surface area contributed by atoms with Crippen LogP contribution in [0.3, 0.4) is 0 Å². The Balaban J connectivity index is 1.33. The number of hydrogen-bond acceptors (Lipinski definition) is 4. The fraction of sp³-hybridized carbons (Fsp3) is 0.308. The van der Waals surface area contributed by atoms with Crippen LogP contribution in [0.5, 0.6) is 11.5 Å². The molecule has 2 aliphatic rings. The maximum absolute atomic E-state index is 6.15. The molecule has 0 unspecified atom stereocenters. The largest absolute Gasteiger partial charge is 0.497 e. The highest BCUT2D eigenvalue weighted by Gasteiger charge is 2.32. The first-order valence-electron chi connectivity index (χ1n) is 10.8. The standard InChI is InChI=1S/C26H28N2O2/c1-29-23-12-10-20(11-13-23)14-16-27-17-15-22(18-27)28-24-7-3-2-6-21(24)19-30-26-9-5-4-8-25(26)28/h2-13,22H,14-19H2,1H3/t22-/m0/s1. The summed E-state index contributed by atoms with van der Waals surface area (Å²) in [6.07, 6.45) is 2.22. The fourth-order valence-electron chi connectivity index (χ4n) is 4.63. The number of benzene rings is 3. The Morgan fingerprint density at radius 3 is 2.53 bits per heavy atom. The zero-order valence-corrected chi connectivity index (χ0v) is 17.5. The zero-order chi connectivity index (χ0) is 20.3. The number of likely N-dealkylation sites (tertiary alicyclic amines) is 1. The molecule has 4 nitrogen and oxygen atoms in total. The van der Waals surface area contributed by atoms with Crippen molar-refractivity contribution in [2.75, 3.05) is 31.6 Å². The van der Waals surface area contributed by atoms with Crippen molar-refractivity contribution in [3.05, 3.63) is 83.9 Å². The van der Waals surface area contributed by atoms with Gasteiger partial charge in [0.1, 0.15) is 18.1 Å². The number of para-hydroxylation sites is 3. The molecule has 0 radical (unpaired) electrons. The summed E-state index contributed by atoms with van der Waals surface area (Å²) in [4.78, 5) is 5.11. The van der Waals surface area contributed by atoms with Gasteiger partial charge in [-0.15, -0.1) is 0 Å². The predicted molar refractivity (Wildman–Crippen MR) is 121 cm³/mol. The minimum Gasteiger partial charge on any atom is -0.497 e. The fourth-order valence-corrected chi connectivity index (χ4v) is 4.63. The number of hydrogen-bond donors (Lipinski definition) is 0. The molecule has 2 heterocycles. The van der Waals surface area contributed by atoms with Crippen molar-refractivity contribution in [3.8, 4) is 11.5 Å². The second kappa shape index (κ2) is 8.41. The summed E-state index contributed by atoms with van der Waals surface area (Å²) in [5.41, 5.74) is 5.08. The van der Waals surface area contributed by atoms with Gasteiger partial charge >= 0.3 is 0 Å². The minimum atomic E-state index is 0.449. The Kier molecular flexibility index (Phi) is 5.33. The van der Waals surface area contributed by atoms with Crippen LogP contribution in [-0.2, 0) is 13.0 Å². The van der Waals surface area contributed by atoms with E-state index >= 15 is 0 Å². The lowest BCUT2D eigenvalue weighted by Gasteiger charge is -2.32. The van der Waals surface area contributed by atoms with Crippen LogP contribution >= 0.6 is 0 Å². The Morgan fingerprint density at radius 2 is 1.70 bits per heavy atom. The first kappa shape index (κ1) is 19.0. The Labute approximate surface area is 178 Å². The van der Waals surface area contributed by atoms with Gasteiger partial charge in [0, 0.05) is 36.9 Å². The second-order valence-electron chi connectivity index (χ2n) is 8.10. The molecule has 1 saturated heterocycles. The third kappa shape index (κ3) is 3.75. The quantitative estimate of drug-likeness (QED) is 0.599. The maximum Gasteiger partial charge on any atom is 0.143 e. The molecule has 5 rings (SSSR count). The molecule has 3 aromatic rings.